The summed E-state index contributed by atoms with van der Waals surface area (Å²) in [6, 6.07) is 0. The van der Waals surface area contributed by atoms with Crippen LogP contribution in [0.4, 0.5) is 4.79 Å². The standard InChI is InChI=1S/C15H32N2O2/c1-6-8-9-11-16-12-10-13-17(7-2)14(18)19-15(3,4)5/h16H,6-13H2,1-5H3. The summed E-state index contributed by atoms with van der Waals surface area (Å²) in [7, 11) is 0. The second-order valence-corrected chi connectivity index (χ2v) is 5.87. The minimum absolute atomic E-state index is 0.207. The second-order valence-electron chi connectivity index (χ2n) is 5.87. The molecule has 1 N–H and O–H groups in total. The Bertz CT molecular complexity index is 237. The molecule has 0 radical (unpaired) electrons. The Kier molecular flexibility index (Phi) is 9.66. The molecule has 0 aromatic rings. The summed E-state index contributed by atoms with van der Waals surface area (Å²) in [5.41, 5.74) is -0.414. The number of amides is 1. The molecular weight excluding hydrogens is 240 g/mol. The van der Waals surface area contributed by atoms with Crippen LogP contribution in [0.25, 0.3) is 0 Å². The lowest BCUT2D eigenvalue weighted by Gasteiger charge is -2.26. The molecule has 0 saturated heterocycles. The average Bonchev–Trinajstić information content (AvgIpc) is 2.30. The van der Waals surface area contributed by atoms with Crippen LogP contribution in [0.15, 0.2) is 0 Å². The largest absolute Gasteiger partial charge is 0.444 e. The minimum Gasteiger partial charge on any atom is -0.444 e. The number of hydrogen-bond acceptors (Lipinski definition) is 3. The van der Waals surface area contributed by atoms with Crippen molar-refractivity contribution in [3.63, 3.8) is 0 Å². The van der Waals surface area contributed by atoms with Crippen LogP contribution in [-0.2, 0) is 4.74 Å². The van der Waals surface area contributed by atoms with E-state index in [1.807, 2.05) is 27.7 Å². The van der Waals surface area contributed by atoms with Gasteiger partial charge < -0.3 is 15.0 Å². The van der Waals surface area contributed by atoms with Gasteiger partial charge in [0.2, 0.25) is 0 Å². The molecule has 0 rings (SSSR count). The molecule has 0 spiro atoms. The molecule has 0 aliphatic rings. The number of hydrogen-bond donors (Lipinski definition) is 1. The van der Waals surface area contributed by atoms with Crippen molar-refractivity contribution in [2.24, 2.45) is 0 Å². The third-order valence-electron chi connectivity index (χ3n) is 2.77. The van der Waals surface area contributed by atoms with Gasteiger partial charge in [-0.15, -0.1) is 0 Å². The third-order valence-corrected chi connectivity index (χ3v) is 2.77. The molecule has 0 unspecified atom stereocenters. The zero-order valence-electron chi connectivity index (χ0n) is 13.4. The quantitative estimate of drug-likeness (QED) is 0.654. The Balaban J connectivity index is 3.73. The highest BCUT2D eigenvalue weighted by molar-refractivity contribution is 5.68. The molecule has 4 nitrogen and oxygen atoms in total. The molecular formula is C15H32N2O2. The molecule has 0 atom stereocenters. The number of nitrogens with one attached hydrogen (secondary N) is 1. The van der Waals surface area contributed by atoms with E-state index < -0.39 is 5.60 Å². The first-order valence-electron chi connectivity index (χ1n) is 7.59. The summed E-state index contributed by atoms with van der Waals surface area (Å²) in [6.07, 6.45) is 4.54. The van der Waals surface area contributed by atoms with Crippen LogP contribution in [0.2, 0.25) is 0 Å². The Hall–Kier alpha value is -0.770. The van der Waals surface area contributed by atoms with Crippen LogP contribution >= 0.6 is 0 Å². The van der Waals surface area contributed by atoms with Crippen LogP contribution in [0.5, 0.6) is 0 Å². The first-order valence-corrected chi connectivity index (χ1v) is 7.59. The van der Waals surface area contributed by atoms with E-state index in [0.29, 0.717) is 6.54 Å². The summed E-state index contributed by atoms with van der Waals surface area (Å²) >= 11 is 0. The lowest BCUT2D eigenvalue weighted by atomic mass is 10.2. The fourth-order valence-electron chi connectivity index (χ4n) is 1.72. The molecule has 4 heteroatoms. The fourth-order valence-corrected chi connectivity index (χ4v) is 1.72. The van der Waals surface area contributed by atoms with Crippen molar-refractivity contribution in [3.8, 4) is 0 Å². The fraction of sp³-hybridized carbons (Fsp3) is 0.933. The monoisotopic (exact) mass is 272 g/mol. The number of nitrogens with zero attached hydrogens (tertiary/aromatic N) is 1. The normalized spacial score (nSPS) is 11.4. The van der Waals surface area contributed by atoms with Gasteiger partial charge in [-0.25, -0.2) is 4.79 Å². The van der Waals surface area contributed by atoms with Crippen LogP contribution in [0.1, 0.15) is 60.3 Å². The van der Waals surface area contributed by atoms with Gasteiger partial charge in [-0.2, -0.15) is 0 Å². The van der Waals surface area contributed by atoms with E-state index in [0.717, 1.165) is 26.1 Å². The Morgan fingerprint density at radius 2 is 1.74 bits per heavy atom. The predicted molar refractivity (Wildman–Crippen MR) is 80.5 cm³/mol. The van der Waals surface area contributed by atoms with Crippen molar-refractivity contribution in [2.75, 3.05) is 26.2 Å². The van der Waals surface area contributed by atoms with Crippen LogP contribution in [-0.4, -0.2) is 42.8 Å². The molecule has 0 aromatic carbocycles. The summed E-state index contributed by atoms with van der Waals surface area (Å²) in [4.78, 5) is 13.6. The van der Waals surface area contributed by atoms with Crippen molar-refractivity contribution < 1.29 is 9.53 Å². The van der Waals surface area contributed by atoms with Crippen molar-refractivity contribution >= 4 is 6.09 Å². The zero-order chi connectivity index (χ0) is 14.7. The van der Waals surface area contributed by atoms with Gasteiger partial charge in [0.25, 0.3) is 0 Å². The van der Waals surface area contributed by atoms with Crippen molar-refractivity contribution in [1.82, 2.24) is 10.2 Å². The number of ether oxygens (including phenoxy) is 1. The van der Waals surface area contributed by atoms with Gasteiger partial charge in [0, 0.05) is 13.1 Å². The van der Waals surface area contributed by atoms with Gasteiger partial charge in [0.15, 0.2) is 0 Å². The summed E-state index contributed by atoms with van der Waals surface area (Å²) in [5.74, 6) is 0. The molecule has 114 valence electrons. The lowest BCUT2D eigenvalue weighted by Crippen LogP contribution is -2.38. The van der Waals surface area contributed by atoms with E-state index >= 15 is 0 Å². The average molecular weight is 272 g/mol. The first-order chi connectivity index (χ1) is 8.90. The molecule has 0 saturated carbocycles. The maximum absolute atomic E-state index is 11.9. The van der Waals surface area contributed by atoms with Crippen molar-refractivity contribution in [2.45, 2.75) is 65.9 Å². The van der Waals surface area contributed by atoms with Crippen molar-refractivity contribution in [1.29, 1.82) is 0 Å². The van der Waals surface area contributed by atoms with E-state index in [-0.39, 0.29) is 6.09 Å². The number of carbonyl (C=O) groups is 1. The van der Waals surface area contributed by atoms with E-state index in [1.165, 1.54) is 19.3 Å². The number of rotatable bonds is 9. The molecule has 0 heterocycles. The summed E-state index contributed by atoms with van der Waals surface area (Å²) in [6.45, 7) is 13.4. The lowest BCUT2D eigenvalue weighted by molar-refractivity contribution is 0.0258. The number of carbonyl (C=O) groups excluding carboxylic acids is 1. The molecule has 1 amide bonds. The number of unbranched alkanes of at least 4 members (excludes halogenated alkanes) is 2. The van der Waals surface area contributed by atoms with E-state index in [2.05, 4.69) is 12.2 Å². The van der Waals surface area contributed by atoms with Gasteiger partial charge in [-0.1, -0.05) is 19.8 Å². The molecule has 0 fully saturated rings. The predicted octanol–water partition coefficient (Wildman–Crippen LogP) is 3.41. The highest BCUT2D eigenvalue weighted by Gasteiger charge is 2.20. The van der Waals surface area contributed by atoms with Gasteiger partial charge in [0.1, 0.15) is 5.60 Å². The Labute approximate surface area is 118 Å². The first kappa shape index (κ1) is 18.2. The molecule has 0 aliphatic carbocycles. The summed E-state index contributed by atoms with van der Waals surface area (Å²) < 4.78 is 5.37. The van der Waals surface area contributed by atoms with Crippen molar-refractivity contribution in [3.05, 3.63) is 0 Å². The summed E-state index contributed by atoms with van der Waals surface area (Å²) in [5, 5.41) is 3.41. The smallest absolute Gasteiger partial charge is 0.410 e. The zero-order valence-corrected chi connectivity index (χ0v) is 13.4. The minimum atomic E-state index is -0.414. The molecule has 0 aliphatic heterocycles. The highest BCUT2D eigenvalue weighted by atomic mass is 16.6. The van der Waals surface area contributed by atoms with E-state index in [4.69, 9.17) is 4.74 Å². The second kappa shape index (κ2) is 10.1. The molecule has 19 heavy (non-hydrogen) atoms. The van der Waals surface area contributed by atoms with E-state index in [1.54, 1.807) is 4.90 Å². The van der Waals surface area contributed by atoms with Gasteiger partial charge in [-0.3, -0.25) is 0 Å². The molecule has 0 bridgehead atoms. The topological polar surface area (TPSA) is 41.6 Å². The van der Waals surface area contributed by atoms with Gasteiger partial charge in [-0.05, 0) is 53.6 Å². The van der Waals surface area contributed by atoms with Gasteiger partial charge in [0.05, 0.1) is 0 Å². The Morgan fingerprint density at radius 1 is 1.11 bits per heavy atom. The highest BCUT2D eigenvalue weighted by Crippen LogP contribution is 2.09. The van der Waals surface area contributed by atoms with Crippen LogP contribution in [0, 0.1) is 0 Å². The molecule has 0 aromatic heterocycles. The van der Waals surface area contributed by atoms with Crippen LogP contribution in [0.3, 0.4) is 0 Å². The SMILES string of the molecule is CCCCCNCCCN(CC)C(=O)OC(C)(C)C. The third kappa shape index (κ3) is 10.8. The van der Waals surface area contributed by atoms with Crippen LogP contribution < -0.4 is 5.32 Å². The van der Waals surface area contributed by atoms with E-state index in [9.17, 15) is 4.79 Å². The van der Waals surface area contributed by atoms with Gasteiger partial charge >= 0.3 is 6.09 Å². The Morgan fingerprint density at radius 3 is 2.26 bits per heavy atom. The maximum atomic E-state index is 11.9. The maximum Gasteiger partial charge on any atom is 0.410 e.